The molecule has 0 radical (unpaired) electrons. The van der Waals surface area contributed by atoms with Crippen LogP contribution in [0.15, 0.2) is 48.8 Å². The smallest absolute Gasteiger partial charge is 0.226 e. The van der Waals surface area contributed by atoms with Gasteiger partial charge in [-0.3, -0.25) is 14.7 Å². The Labute approximate surface area is 249 Å². The van der Waals surface area contributed by atoms with Gasteiger partial charge in [-0.2, -0.15) is 0 Å². The number of nitrogens with one attached hydrogen (secondary N) is 2. The van der Waals surface area contributed by atoms with Crippen molar-refractivity contribution < 1.29 is 22.3 Å². The van der Waals surface area contributed by atoms with Crippen molar-refractivity contribution in [2.24, 2.45) is 0 Å². The van der Waals surface area contributed by atoms with E-state index in [1.54, 1.807) is 30.6 Å². The second-order valence-electron chi connectivity index (χ2n) is 10.2. The molecule has 224 valence electrons. The average Bonchev–Trinajstić information content (AvgIpc) is 2.97. The number of rotatable bonds is 10. The van der Waals surface area contributed by atoms with Crippen LogP contribution in [0.25, 0.3) is 11.3 Å². The molecule has 14 heteroatoms. The van der Waals surface area contributed by atoms with Gasteiger partial charge in [-0.05, 0) is 30.3 Å². The molecule has 11 nitrogen and oxygen atoms in total. The first kappa shape index (κ1) is 30.1. The lowest BCUT2D eigenvalue weighted by Crippen LogP contribution is -2.48. The minimum atomic E-state index is -3.18. The molecule has 0 aliphatic carbocycles. The van der Waals surface area contributed by atoms with Crippen LogP contribution in [0.4, 0.5) is 21.6 Å². The van der Waals surface area contributed by atoms with Crippen molar-refractivity contribution in [2.45, 2.75) is 6.42 Å². The zero-order chi connectivity index (χ0) is 29.7. The number of ether oxygens (including phenoxy) is 1. The van der Waals surface area contributed by atoms with Crippen LogP contribution in [0.5, 0.6) is 5.75 Å². The minimum absolute atomic E-state index is 0.135. The van der Waals surface area contributed by atoms with E-state index >= 15 is 0 Å². The molecule has 2 aliphatic heterocycles. The summed E-state index contributed by atoms with van der Waals surface area (Å²) in [5, 5.41) is 3.31. The summed E-state index contributed by atoms with van der Waals surface area (Å²) >= 11 is 6.10. The van der Waals surface area contributed by atoms with Crippen LogP contribution < -0.4 is 19.7 Å². The first-order valence-corrected chi connectivity index (χ1v) is 15.9. The quantitative estimate of drug-likeness (QED) is 0.354. The van der Waals surface area contributed by atoms with E-state index < -0.39 is 15.8 Å². The van der Waals surface area contributed by atoms with Crippen molar-refractivity contribution in [1.29, 1.82) is 0 Å². The first-order chi connectivity index (χ1) is 20.1. The summed E-state index contributed by atoms with van der Waals surface area (Å²) in [4.78, 5) is 27.9. The number of halogens is 2. The number of benzene rings is 1. The number of amides is 1. The summed E-state index contributed by atoms with van der Waals surface area (Å²) in [6.07, 6.45) is 4.69. The highest BCUT2D eigenvalue weighted by atomic mass is 35.5. The van der Waals surface area contributed by atoms with Crippen LogP contribution in [0.3, 0.4) is 0 Å². The van der Waals surface area contributed by atoms with E-state index in [4.69, 9.17) is 16.3 Å². The molecule has 42 heavy (non-hydrogen) atoms. The molecule has 1 fully saturated rings. The van der Waals surface area contributed by atoms with Crippen LogP contribution >= 0.6 is 11.6 Å². The van der Waals surface area contributed by atoms with Gasteiger partial charge in [-0.1, -0.05) is 11.6 Å². The monoisotopic (exact) mass is 617 g/mol. The Morgan fingerprint density at radius 1 is 1.05 bits per heavy atom. The Kier molecular flexibility index (Phi) is 9.53. The minimum Gasteiger partial charge on any atom is -0.488 e. The van der Waals surface area contributed by atoms with E-state index in [1.807, 2.05) is 11.0 Å². The number of sulfonamides is 1. The lowest BCUT2D eigenvalue weighted by atomic mass is 10.1. The molecule has 0 spiro atoms. The van der Waals surface area contributed by atoms with Crippen LogP contribution in [0.1, 0.15) is 6.42 Å². The van der Waals surface area contributed by atoms with Crippen molar-refractivity contribution in [3.8, 4) is 17.0 Å². The largest absolute Gasteiger partial charge is 0.488 e. The molecule has 1 saturated heterocycles. The second kappa shape index (κ2) is 13.3. The van der Waals surface area contributed by atoms with Gasteiger partial charge < -0.3 is 19.9 Å². The molecule has 4 heterocycles. The average molecular weight is 618 g/mol. The fourth-order valence-corrected chi connectivity index (χ4v) is 5.61. The number of anilines is 3. The van der Waals surface area contributed by atoms with Crippen molar-refractivity contribution in [3.05, 3.63) is 59.6 Å². The van der Waals surface area contributed by atoms with Crippen molar-refractivity contribution >= 4 is 44.7 Å². The SMILES string of the molecule is CS(=O)(=O)NCCN1CCN(CCC(=O)Nc2cc(N3CCOc4cnc(-c5cc(Cl)ccc5F)cc43)ccn2)CC1. The molecule has 2 N–H and O–H groups in total. The Bertz CT molecular complexity index is 1540. The molecule has 0 atom stereocenters. The third-order valence-corrected chi connectivity index (χ3v) is 8.11. The fraction of sp³-hybridized carbons (Fsp3) is 0.393. The standard InChI is InChI=1S/C28H33ClFN7O4S/c1-42(39,40)33-7-9-36-12-10-35(11-13-36)8-5-28(38)34-27-17-21(4-6-31-27)37-14-15-41-26-19-32-24(18-25(26)37)22-16-20(29)2-3-23(22)30/h2-4,6,16-19,33H,5,7-15H2,1H3,(H,31,34,38). The van der Waals surface area contributed by atoms with Gasteiger partial charge >= 0.3 is 0 Å². The van der Waals surface area contributed by atoms with Gasteiger partial charge in [0.15, 0.2) is 5.75 Å². The fourth-order valence-electron chi connectivity index (χ4n) is 4.98. The molecule has 0 bridgehead atoms. The highest BCUT2D eigenvalue weighted by Gasteiger charge is 2.23. The number of carbonyl (C=O) groups excluding carboxylic acids is 1. The van der Waals surface area contributed by atoms with E-state index in [0.717, 1.165) is 43.8 Å². The molecule has 0 saturated carbocycles. The van der Waals surface area contributed by atoms with E-state index in [2.05, 4.69) is 29.8 Å². The van der Waals surface area contributed by atoms with Crippen LogP contribution in [0, 0.1) is 5.82 Å². The van der Waals surface area contributed by atoms with Crippen LogP contribution in [-0.2, 0) is 14.8 Å². The third kappa shape index (κ3) is 7.92. The van der Waals surface area contributed by atoms with Crippen molar-refractivity contribution in [2.75, 3.05) is 75.4 Å². The number of pyridine rings is 2. The Morgan fingerprint density at radius 2 is 1.81 bits per heavy atom. The molecule has 2 aliphatic rings. The predicted molar refractivity (Wildman–Crippen MR) is 160 cm³/mol. The summed E-state index contributed by atoms with van der Waals surface area (Å²) < 4.78 is 45.3. The Hall–Kier alpha value is -3.36. The summed E-state index contributed by atoms with van der Waals surface area (Å²) in [7, 11) is -3.18. The molecular formula is C28H33ClFN7O4S. The van der Waals surface area contributed by atoms with Crippen molar-refractivity contribution in [1.82, 2.24) is 24.5 Å². The molecule has 3 aromatic rings. The summed E-state index contributed by atoms with van der Waals surface area (Å²) in [5.74, 6) is 0.447. The molecule has 1 amide bonds. The number of aromatic nitrogens is 2. The Balaban J connectivity index is 1.18. The predicted octanol–water partition coefficient (Wildman–Crippen LogP) is 2.96. The number of hydrogen-bond acceptors (Lipinski definition) is 9. The molecule has 5 rings (SSSR count). The lowest BCUT2D eigenvalue weighted by molar-refractivity contribution is -0.116. The third-order valence-electron chi connectivity index (χ3n) is 7.15. The van der Waals surface area contributed by atoms with Crippen LogP contribution in [0.2, 0.25) is 5.02 Å². The topological polar surface area (TPSA) is 120 Å². The first-order valence-electron chi connectivity index (χ1n) is 13.7. The highest BCUT2D eigenvalue weighted by Crippen LogP contribution is 2.39. The number of fused-ring (bicyclic) bond motifs is 1. The van der Waals surface area contributed by atoms with Crippen molar-refractivity contribution in [3.63, 3.8) is 0 Å². The van der Waals surface area contributed by atoms with Gasteiger partial charge in [0.05, 0.1) is 30.4 Å². The van der Waals surface area contributed by atoms with Gasteiger partial charge in [0.25, 0.3) is 0 Å². The molecular weight excluding hydrogens is 585 g/mol. The summed E-state index contributed by atoms with van der Waals surface area (Å²) in [6, 6.07) is 9.76. The van der Waals surface area contributed by atoms with E-state index in [9.17, 15) is 17.6 Å². The van der Waals surface area contributed by atoms with Gasteiger partial charge in [0, 0.05) is 80.8 Å². The maximum absolute atomic E-state index is 14.5. The van der Waals surface area contributed by atoms with Gasteiger partial charge in [0.1, 0.15) is 18.2 Å². The van der Waals surface area contributed by atoms with Gasteiger partial charge in [-0.25, -0.2) is 22.5 Å². The van der Waals surface area contributed by atoms with E-state index in [0.29, 0.717) is 67.1 Å². The second-order valence-corrected chi connectivity index (χ2v) is 12.5. The molecule has 1 aromatic carbocycles. The van der Waals surface area contributed by atoms with Gasteiger partial charge in [-0.15, -0.1) is 0 Å². The Morgan fingerprint density at radius 3 is 2.57 bits per heavy atom. The van der Waals surface area contributed by atoms with Crippen LogP contribution in [-0.4, -0.2) is 99.3 Å². The lowest BCUT2D eigenvalue weighted by Gasteiger charge is -2.34. The summed E-state index contributed by atoms with van der Waals surface area (Å²) in [6.45, 7) is 5.91. The maximum Gasteiger partial charge on any atom is 0.226 e. The van der Waals surface area contributed by atoms with E-state index in [-0.39, 0.29) is 5.91 Å². The number of piperazine rings is 1. The zero-order valence-corrected chi connectivity index (χ0v) is 24.8. The highest BCUT2D eigenvalue weighted by molar-refractivity contribution is 7.88. The molecule has 0 unspecified atom stereocenters. The number of hydrogen-bond donors (Lipinski definition) is 2. The number of carbonyl (C=O) groups is 1. The zero-order valence-electron chi connectivity index (χ0n) is 23.2. The van der Waals surface area contributed by atoms with E-state index in [1.165, 1.54) is 12.1 Å². The molecule has 2 aromatic heterocycles. The van der Waals surface area contributed by atoms with Gasteiger partial charge in [0.2, 0.25) is 15.9 Å². The normalized spacial score (nSPS) is 16.1. The summed E-state index contributed by atoms with van der Waals surface area (Å²) in [5.41, 5.74) is 2.25. The maximum atomic E-state index is 14.5. The number of nitrogens with zero attached hydrogens (tertiary/aromatic N) is 5.